The van der Waals surface area contributed by atoms with Gasteiger partial charge in [0.05, 0.1) is 11.2 Å². The Bertz CT molecular complexity index is 866. The number of aromatic nitrogens is 3. The van der Waals surface area contributed by atoms with Crippen molar-refractivity contribution in [3.8, 4) is 22.2 Å². The highest BCUT2D eigenvalue weighted by atomic mass is 32.1. The van der Waals surface area contributed by atoms with Crippen LogP contribution < -0.4 is 5.32 Å². The number of carbonyl (C=O) groups is 1. The molecule has 0 bridgehead atoms. The third-order valence-corrected chi connectivity index (χ3v) is 4.62. The zero-order valence-corrected chi connectivity index (χ0v) is 13.3. The topological polar surface area (TPSA) is 80.9 Å². The van der Waals surface area contributed by atoms with E-state index < -0.39 is 0 Å². The Morgan fingerprint density at radius 1 is 1.39 bits per heavy atom. The molecule has 1 N–H and O–H groups in total. The predicted molar refractivity (Wildman–Crippen MR) is 86.9 cm³/mol. The number of nitrogens with zero attached hydrogens (tertiary/aromatic N) is 3. The second-order valence-electron chi connectivity index (χ2n) is 5.53. The molecule has 0 saturated heterocycles. The van der Waals surface area contributed by atoms with Gasteiger partial charge < -0.3 is 9.84 Å². The molecule has 0 atom stereocenters. The van der Waals surface area contributed by atoms with E-state index in [1.54, 1.807) is 5.51 Å². The number of aryl methyl sites for hydroxylation is 1. The molecular weight excluding hydrogens is 312 g/mol. The van der Waals surface area contributed by atoms with E-state index in [0.717, 1.165) is 34.7 Å². The summed E-state index contributed by atoms with van der Waals surface area (Å²) in [6.07, 6.45) is 1.96. The number of hydrogen-bond acceptors (Lipinski definition) is 6. The molecule has 0 unspecified atom stereocenters. The van der Waals surface area contributed by atoms with Crippen molar-refractivity contribution in [3.05, 3.63) is 35.5 Å². The zero-order chi connectivity index (χ0) is 15.8. The van der Waals surface area contributed by atoms with Crippen LogP contribution in [0.4, 0.5) is 5.69 Å². The number of rotatable bonds is 4. The molecule has 1 amide bonds. The van der Waals surface area contributed by atoms with Gasteiger partial charge in [0, 0.05) is 17.2 Å². The molecule has 3 aromatic rings. The van der Waals surface area contributed by atoms with Crippen molar-refractivity contribution >= 4 is 22.9 Å². The fraction of sp³-hybridized carbons (Fsp3) is 0.250. The van der Waals surface area contributed by atoms with Crippen molar-refractivity contribution < 1.29 is 9.32 Å². The van der Waals surface area contributed by atoms with Crippen molar-refractivity contribution in [3.63, 3.8) is 0 Å². The van der Waals surface area contributed by atoms with Gasteiger partial charge in [-0.05, 0) is 31.9 Å². The van der Waals surface area contributed by atoms with Gasteiger partial charge in [0.1, 0.15) is 4.88 Å². The highest BCUT2D eigenvalue weighted by Crippen LogP contribution is 2.31. The summed E-state index contributed by atoms with van der Waals surface area (Å²) in [6, 6.07) is 7.47. The lowest BCUT2D eigenvalue weighted by Crippen LogP contribution is -2.13. The van der Waals surface area contributed by atoms with Crippen LogP contribution in [0.5, 0.6) is 0 Å². The zero-order valence-electron chi connectivity index (χ0n) is 12.4. The minimum absolute atomic E-state index is 0.0798. The van der Waals surface area contributed by atoms with Gasteiger partial charge in [0.2, 0.25) is 11.7 Å². The number of anilines is 1. The SMILES string of the molecule is Cc1ncsc1-c1nc(-c2cccc(NC(=O)C3CC3)c2)no1. The van der Waals surface area contributed by atoms with Crippen molar-refractivity contribution in [1.82, 2.24) is 15.1 Å². The summed E-state index contributed by atoms with van der Waals surface area (Å²) in [6.45, 7) is 1.91. The minimum atomic E-state index is 0.0798. The number of thiazole rings is 1. The van der Waals surface area contributed by atoms with E-state index in [-0.39, 0.29) is 11.8 Å². The summed E-state index contributed by atoms with van der Waals surface area (Å²) in [7, 11) is 0. The maximum Gasteiger partial charge on any atom is 0.270 e. The van der Waals surface area contributed by atoms with Crippen LogP contribution in [-0.2, 0) is 4.79 Å². The molecule has 7 heteroatoms. The number of benzene rings is 1. The smallest absolute Gasteiger partial charge is 0.270 e. The quantitative estimate of drug-likeness (QED) is 0.793. The van der Waals surface area contributed by atoms with E-state index in [9.17, 15) is 4.79 Å². The van der Waals surface area contributed by atoms with Crippen LogP contribution in [-0.4, -0.2) is 21.0 Å². The van der Waals surface area contributed by atoms with Crippen LogP contribution in [0, 0.1) is 12.8 Å². The van der Waals surface area contributed by atoms with E-state index in [0.29, 0.717) is 11.7 Å². The van der Waals surface area contributed by atoms with Crippen LogP contribution in [0.1, 0.15) is 18.5 Å². The Hall–Kier alpha value is -2.54. The maximum atomic E-state index is 11.9. The van der Waals surface area contributed by atoms with Gasteiger partial charge in [-0.2, -0.15) is 4.98 Å². The third-order valence-electron chi connectivity index (χ3n) is 3.70. The summed E-state index contributed by atoms with van der Waals surface area (Å²) in [5, 5.41) is 6.96. The number of nitrogens with one attached hydrogen (secondary N) is 1. The summed E-state index contributed by atoms with van der Waals surface area (Å²) >= 11 is 1.47. The Morgan fingerprint density at radius 3 is 3.00 bits per heavy atom. The molecule has 0 spiro atoms. The first-order chi connectivity index (χ1) is 11.2. The first-order valence-corrected chi connectivity index (χ1v) is 8.24. The molecule has 1 aromatic carbocycles. The van der Waals surface area contributed by atoms with Crippen molar-refractivity contribution in [2.75, 3.05) is 5.32 Å². The van der Waals surface area contributed by atoms with Gasteiger partial charge in [-0.15, -0.1) is 11.3 Å². The summed E-state index contributed by atoms with van der Waals surface area (Å²) < 4.78 is 5.34. The van der Waals surface area contributed by atoms with Gasteiger partial charge in [0.25, 0.3) is 5.89 Å². The van der Waals surface area contributed by atoms with Crippen molar-refractivity contribution in [2.45, 2.75) is 19.8 Å². The normalized spacial score (nSPS) is 14.0. The van der Waals surface area contributed by atoms with E-state index in [4.69, 9.17) is 4.52 Å². The van der Waals surface area contributed by atoms with E-state index in [1.807, 2.05) is 31.2 Å². The standard InChI is InChI=1S/C16H14N4O2S/c1-9-13(23-8-17-9)16-19-14(20-22-16)11-3-2-4-12(7-11)18-15(21)10-5-6-10/h2-4,7-8,10H,5-6H2,1H3,(H,18,21). The molecule has 116 valence electrons. The fourth-order valence-corrected chi connectivity index (χ4v) is 2.99. The summed E-state index contributed by atoms with van der Waals surface area (Å²) in [5.41, 5.74) is 4.17. The largest absolute Gasteiger partial charge is 0.333 e. The van der Waals surface area contributed by atoms with Crippen LogP contribution in [0.25, 0.3) is 22.2 Å². The molecule has 1 aliphatic carbocycles. The Balaban J connectivity index is 1.59. The van der Waals surface area contributed by atoms with Gasteiger partial charge in [0.15, 0.2) is 0 Å². The molecule has 4 rings (SSSR count). The van der Waals surface area contributed by atoms with Gasteiger partial charge >= 0.3 is 0 Å². The van der Waals surface area contributed by atoms with Gasteiger partial charge in [-0.1, -0.05) is 17.3 Å². The first kappa shape index (κ1) is 14.1. The molecule has 0 aliphatic heterocycles. The van der Waals surface area contributed by atoms with Gasteiger partial charge in [-0.25, -0.2) is 4.98 Å². The fourth-order valence-electron chi connectivity index (χ4n) is 2.27. The van der Waals surface area contributed by atoms with Crippen LogP contribution >= 0.6 is 11.3 Å². The molecular formula is C16H14N4O2S. The average molecular weight is 326 g/mol. The highest BCUT2D eigenvalue weighted by Gasteiger charge is 2.29. The highest BCUT2D eigenvalue weighted by molar-refractivity contribution is 7.13. The van der Waals surface area contributed by atoms with E-state index in [2.05, 4.69) is 20.4 Å². The van der Waals surface area contributed by atoms with Crippen molar-refractivity contribution in [2.24, 2.45) is 5.92 Å². The number of amides is 1. The first-order valence-electron chi connectivity index (χ1n) is 7.36. The number of hydrogen-bond donors (Lipinski definition) is 1. The molecule has 1 fully saturated rings. The second kappa shape index (κ2) is 5.58. The molecule has 2 heterocycles. The average Bonchev–Trinajstić information content (AvgIpc) is 3.14. The van der Waals surface area contributed by atoms with Crippen LogP contribution in [0.2, 0.25) is 0 Å². The lowest BCUT2D eigenvalue weighted by Gasteiger charge is -2.04. The Kier molecular flexibility index (Phi) is 3.42. The minimum Gasteiger partial charge on any atom is -0.333 e. The van der Waals surface area contributed by atoms with E-state index >= 15 is 0 Å². The molecule has 1 saturated carbocycles. The molecule has 0 radical (unpaired) electrons. The molecule has 23 heavy (non-hydrogen) atoms. The van der Waals surface area contributed by atoms with E-state index in [1.165, 1.54) is 11.3 Å². The lowest BCUT2D eigenvalue weighted by molar-refractivity contribution is -0.117. The van der Waals surface area contributed by atoms with Crippen molar-refractivity contribution in [1.29, 1.82) is 0 Å². The summed E-state index contributed by atoms with van der Waals surface area (Å²) in [4.78, 5) is 21.3. The summed E-state index contributed by atoms with van der Waals surface area (Å²) in [5.74, 6) is 1.21. The maximum absolute atomic E-state index is 11.9. The second-order valence-corrected chi connectivity index (χ2v) is 6.39. The predicted octanol–water partition coefficient (Wildman–Crippen LogP) is 3.52. The van der Waals surface area contributed by atoms with Gasteiger partial charge in [-0.3, -0.25) is 4.79 Å². The monoisotopic (exact) mass is 326 g/mol. The third kappa shape index (κ3) is 2.87. The Labute approximate surface area is 136 Å². The lowest BCUT2D eigenvalue weighted by atomic mass is 10.2. The Morgan fingerprint density at radius 2 is 2.26 bits per heavy atom. The van der Waals surface area contributed by atoms with Crippen LogP contribution in [0.15, 0.2) is 34.3 Å². The van der Waals surface area contributed by atoms with Crippen LogP contribution in [0.3, 0.4) is 0 Å². The molecule has 2 aromatic heterocycles. The molecule has 6 nitrogen and oxygen atoms in total. The molecule has 1 aliphatic rings. The number of carbonyl (C=O) groups excluding carboxylic acids is 1.